The molecule has 106 valence electrons. The molecule has 1 unspecified atom stereocenters. The molecule has 1 atom stereocenters. The van der Waals surface area contributed by atoms with Crippen LogP contribution in [-0.2, 0) is 6.54 Å². The van der Waals surface area contributed by atoms with Crippen molar-refractivity contribution in [2.75, 3.05) is 19.0 Å². The fraction of sp³-hybridized carbons (Fsp3) is 0.294. The minimum absolute atomic E-state index is 0.194. The highest BCUT2D eigenvalue weighted by Gasteiger charge is 2.05. The monoisotopic (exact) mass is 272 g/mol. The van der Waals surface area contributed by atoms with Crippen molar-refractivity contribution in [3.8, 4) is 0 Å². The van der Waals surface area contributed by atoms with Crippen molar-refractivity contribution in [3.05, 3.63) is 65.5 Å². The van der Waals surface area contributed by atoms with Crippen LogP contribution in [0.2, 0.25) is 0 Å². The van der Waals surface area contributed by atoms with Gasteiger partial charge in [-0.25, -0.2) is 4.39 Å². The molecule has 0 bridgehead atoms. The van der Waals surface area contributed by atoms with Gasteiger partial charge in [0.2, 0.25) is 0 Å². The molecule has 0 saturated carbocycles. The van der Waals surface area contributed by atoms with Crippen LogP contribution >= 0.6 is 0 Å². The molecule has 0 radical (unpaired) electrons. The molecular formula is C17H21FN2. The van der Waals surface area contributed by atoms with Crippen molar-refractivity contribution < 1.29 is 4.39 Å². The second-order valence-corrected chi connectivity index (χ2v) is 5.22. The first-order valence-electron chi connectivity index (χ1n) is 6.81. The van der Waals surface area contributed by atoms with Crippen molar-refractivity contribution in [2.24, 2.45) is 0 Å². The summed E-state index contributed by atoms with van der Waals surface area (Å²) >= 11 is 0. The maximum absolute atomic E-state index is 12.9. The van der Waals surface area contributed by atoms with Crippen LogP contribution in [0.4, 0.5) is 10.1 Å². The van der Waals surface area contributed by atoms with E-state index in [1.165, 1.54) is 23.4 Å². The third kappa shape index (κ3) is 3.81. The molecule has 0 aliphatic rings. The smallest absolute Gasteiger partial charge is 0.123 e. The summed E-state index contributed by atoms with van der Waals surface area (Å²) in [6.07, 6.45) is 0. The van der Waals surface area contributed by atoms with Gasteiger partial charge in [0.05, 0.1) is 0 Å². The number of benzene rings is 2. The topological polar surface area (TPSA) is 15.3 Å². The normalized spacial score (nSPS) is 12.2. The molecule has 0 amide bonds. The zero-order chi connectivity index (χ0) is 14.5. The lowest BCUT2D eigenvalue weighted by Gasteiger charge is -2.16. The van der Waals surface area contributed by atoms with Crippen LogP contribution < -0.4 is 10.2 Å². The molecule has 20 heavy (non-hydrogen) atoms. The van der Waals surface area contributed by atoms with Gasteiger partial charge in [-0.2, -0.15) is 0 Å². The predicted molar refractivity (Wildman–Crippen MR) is 82.4 cm³/mol. The standard InChI is InChI=1S/C17H21FN2/c1-13(15-6-8-16(18)9-7-15)19-12-14-4-10-17(11-5-14)20(2)3/h4-11,13,19H,12H2,1-3H3. The number of hydrogen-bond acceptors (Lipinski definition) is 2. The van der Waals surface area contributed by atoms with E-state index in [-0.39, 0.29) is 11.9 Å². The van der Waals surface area contributed by atoms with Crippen molar-refractivity contribution in [3.63, 3.8) is 0 Å². The van der Waals surface area contributed by atoms with Crippen LogP contribution in [0.5, 0.6) is 0 Å². The second kappa shape index (κ2) is 6.53. The Kier molecular flexibility index (Phi) is 4.74. The summed E-state index contributed by atoms with van der Waals surface area (Å²) in [4.78, 5) is 2.08. The first kappa shape index (κ1) is 14.5. The fourth-order valence-corrected chi connectivity index (χ4v) is 2.05. The van der Waals surface area contributed by atoms with Gasteiger partial charge in [0.1, 0.15) is 5.82 Å². The van der Waals surface area contributed by atoms with E-state index in [0.717, 1.165) is 12.1 Å². The molecule has 0 aromatic heterocycles. The van der Waals surface area contributed by atoms with Crippen molar-refractivity contribution in [1.82, 2.24) is 5.32 Å². The van der Waals surface area contributed by atoms with Crippen LogP contribution in [0, 0.1) is 5.82 Å². The molecule has 0 saturated heterocycles. The summed E-state index contributed by atoms with van der Waals surface area (Å²) < 4.78 is 12.9. The average Bonchev–Trinajstić information content (AvgIpc) is 2.46. The summed E-state index contributed by atoms with van der Waals surface area (Å²) in [6, 6.07) is 15.3. The molecule has 0 spiro atoms. The Balaban J connectivity index is 1.92. The van der Waals surface area contributed by atoms with Gasteiger partial charge in [-0.3, -0.25) is 0 Å². The number of halogens is 1. The van der Waals surface area contributed by atoms with Crippen molar-refractivity contribution >= 4 is 5.69 Å². The Hall–Kier alpha value is -1.87. The number of nitrogens with zero attached hydrogens (tertiary/aromatic N) is 1. The molecule has 0 heterocycles. The summed E-state index contributed by atoms with van der Waals surface area (Å²) in [7, 11) is 4.06. The Bertz CT molecular complexity index is 532. The fourth-order valence-electron chi connectivity index (χ4n) is 2.05. The van der Waals surface area contributed by atoms with E-state index in [0.29, 0.717) is 0 Å². The van der Waals surface area contributed by atoms with Crippen LogP contribution in [0.15, 0.2) is 48.5 Å². The Morgan fingerprint density at radius 2 is 1.60 bits per heavy atom. The van der Waals surface area contributed by atoms with Crippen LogP contribution in [-0.4, -0.2) is 14.1 Å². The van der Waals surface area contributed by atoms with Gasteiger partial charge < -0.3 is 10.2 Å². The average molecular weight is 272 g/mol. The number of hydrogen-bond donors (Lipinski definition) is 1. The highest BCUT2D eigenvalue weighted by Crippen LogP contribution is 2.15. The molecule has 0 aliphatic carbocycles. The lowest BCUT2D eigenvalue weighted by molar-refractivity contribution is 0.571. The third-order valence-corrected chi connectivity index (χ3v) is 3.44. The highest BCUT2D eigenvalue weighted by molar-refractivity contribution is 5.45. The van der Waals surface area contributed by atoms with Gasteiger partial charge in [-0.15, -0.1) is 0 Å². The summed E-state index contributed by atoms with van der Waals surface area (Å²) in [5, 5.41) is 3.45. The van der Waals surface area contributed by atoms with E-state index in [1.54, 1.807) is 0 Å². The van der Waals surface area contributed by atoms with Crippen LogP contribution in [0.25, 0.3) is 0 Å². The Morgan fingerprint density at radius 1 is 1.00 bits per heavy atom. The van der Waals surface area contributed by atoms with Gasteiger partial charge in [-0.1, -0.05) is 24.3 Å². The molecule has 0 aliphatic heterocycles. The molecule has 2 aromatic rings. The lowest BCUT2D eigenvalue weighted by Crippen LogP contribution is -2.18. The van der Waals surface area contributed by atoms with E-state index in [4.69, 9.17) is 0 Å². The SMILES string of the molecule is CC(NCc1ccc(N(C)C)cc1)c1ccc(F)cc1. The van der Waals surface area contributed by atoms with Gasteiger partial charge >= 0.3 is 0 Å². The molecule has 2 aromatic carbocycles. The van der Waals surface area contributed by atoms with E-state index >= 15 is 0 Å². The Labute approximate surface area is 120 Å². The quantitative estimate of drug-likeness (QED) is 0.892. The van der Waals surface area contributed by atoms with Gasteiger partial charge in [0.25, 0.3) is 0 Å². The predicted octanol–water partition coefficient (Wildman–Crippen LogP) is 3.74. The third-order valence-electron chi connectivity index (χ3n) is 3.44. The molecule has 0 fully saturated rings. The van der Waals surface area contributed by atoms with Crippen LogP contribution in [0.3, 0.4) is 0 Å². The summed E-state index contributed by atoms with van der Waals surface area (Å²) in [5.41, 5.74) is 3.53. The van der Waals surface area contributed by atoms with E-state index in [2.05, 4.69) is 41.4 Å². The number of rotatable bonds is 5. The van der Waals surface area contributed by atoms with E-state index in [1.807, 2.05) is 26.2 Å². The van der Waals surface area contributed by atoms with Crippen LogP contribution in [0.1, 0.15) is 24.1 Å². The van der Waals surface area contributed by atoms with Crippen molar-refractivity contribution in [2.45, 2.75) is 19.5 Å². The first-order valence-corrected chi connectivity index (χ1v) is 6.81. The summed E-state index contributed by atoms with van der Waals surface area (Å²) in [6.45, 7) is 2.88. The number of anilines is 1. The molecule has 3 heteroatoms. The minimum atomic E-state index is -0.194. The second-order valence-electron chi connectivity index (χ2n) is 5.22. The minimum Gasteiger partial charge on any atom is -0.378 e. The largest absolute Gasteiger partial charge is 0.378 e. The zero-order valence-corrected chi connectivity index (χ0v) is 12.2. The van der Waals surface area contributed by atoms with E-state index in [9.17, 15) is 4.39 Å². The van der Waals surface area contributed by atoms with Gasteiger partial charge in [0, 0.05) is 32.4 Å². The van der Waals surface area contributed by atoms with Crippen molar-refractivity contribution in [1.29, 1.82) is 0 Å². The lowest BCUT2D eigenvalue weighted by atomic mass is 10.1. The molecule has 1 N–H and O–H groups in total. The molecule has 2 rings (SSSR count). The number of nitrogens with one attached hydrogen (secondary N) is 1. The van der Waals surface area contributed by atoms with E-state index < -0.39 is 0 Å². The first-order chi connectivity index (χ1) is 9.56. The molecular weight excluding hydrogens is 251 g/mol. The zero-order valence-electron chi connectivity index (χ0n) is 12.2. The highest BCUT2D eigenvalue weighted by atomic mass is 19.1. The van der Waals surface area contributed by atoms with Gasteiger partial charge in [0.15, 0.2) is 0 Å². The maximum atomic E-state index is 12.9. The van der Waals surface area contributed by atoms with Gasteiger partial charge in [-0.05, 0) is 42.3 Å². The molecule has 2 nitrogen and oxygen atoms in total. The Morgan fingerprint density at radius 3 is 2.15 bits per heavy atom. The maximum Gasteiger partial charge on any atom is 0.123 e. The summed E-state index contributed by atoms with van der Waals surface area (Å²) in [5.74, 6) is -0.194.